The molecule has 0 N–H and O–H groups in total. The number of hydrogen-bond donors (Lipinski definition) is 0. The Morgan fingerprint density at radius 2 is 2.42 bits per heavy atom. The van der Waals surface area contributed by atoms with E-state index in [0.717, 1.165) is 16.8 Å². The molecule has 0 aliphatic rings. The smallest absolute Gasteiger partial charge is 0.219 e. The number of rotatable bonds is 1. The Hall–Kier alpha value is -1.51. The maximum absolute atomic E-state index is 5.18. The van der Waals surface area contributed by atoms with Gasteiger partial charge in [-0.15, -0.1) is 0 Å². The van der Waals surface area contributed by atoms with Gasteiger partial charge in [-0.2, -0.15) is 5.10 Å². The van der Waals surface area contributed by atoms with Crippen LogP contribution in [-0.2, 0) is 7.05 Å². The van der Waals surface area contributed by atoms with Crippen molar-refractivity contribution in [2.45, 2.75) is 0 Å². The number of ether oxygens (including phenoxy) is 1. The van der Waals surface area contributed by atoms with E-state index in [-0.39, 0.29) is 0 Å². The van der Waals surface area contributed by atoms with Crippen molar-refractivity contribution >= 4 is 10.9 Å². The topological polar surface area (TPSA) is 27.1 Å². The van der Waals surface area contributed by atoms with E-state index in [1.165, 1.54) is 0 Å². The van der Waals surface area contributed by atoms with Crippen molar-refractivity contribution in [3.05, 3.63) is 24.3 Å². The van der Waals surface area contributed by atoms with Gasteiger partial charge in [0.25, 0.3) is 0 Å². The fraction of sp³-hybridized carbons (Fsp3) is 0.222. The summed E-state index contributed by atoms with van der Waals surface area (Å²) in [6.07, 6.45) is 0. The van der Waals surface area contributed by atoms with Crippen molar-refractivity contribution in [1.29, 1.82) is 0 Å². The summed E-state index contributed by atoms with van der Waals surface area (Å²) in [5.74, 6) is 0.791. The van der Waals surface area contributed by atoms with Crippen LogP contribution >= 0.6 is 0 Å². The zero-order chi connectivity index (χ0) is 8.55. The standard InChI is InChI=1S/C9H9N2O/c1-11-9(12-2)7-5-3-4-6-8(7)10-11/h3,5-6H,1-2H3. The molecule has 0 aliphatic carbocycles. The van der Waals surface area contributed by atoms with E-state index in [2.05, 4.69) is 11.2 Å². The molecule has 0 fully saturated rings. The van der Waals surface area contributed by atoms with Crippen molar-refractivity contribution in [3.63, 3.8) is 0 Å². The van der Waals surface area contributed by atoms with Gasteiger partial charge in [0.15, 0.2) is 0 Å². The monoisotopic (exact) mass is 161 g/mol. The molecule has 0 aliphatic heterocycles. The van der Waals surface area contributed by atoms with Crippen molar-refractivity contribution in [1.82, 2.24) is 9.78 Å². The van der Waals surface area contributed by atoms with E-state index in [0.29, 0.717) is 0 Å². The lowest BCUT2D eigenvalue weighted by atomic mass is 10.2. The summed E-state index contributed by atoms with van der Waals surface area (Å²) in [5, 5.41) is 5.27. The number of benzene rings is 1. The van der Waals surface area contributed by atoms with Crippen LogP contribution in [0, 0.1) is 6.07 Å². The van der Waals surface area contributed by atoms with Gasteiger partial charge in [-0.25, -0.2) is 4.68 Å². The molecule has 3 heteroatoms. The molecule has 0 atom stereocenters. The van der Waals surface area contributed by atoms with Crippen molar-refractivity contribution in [2.75, 3.05) is 7.11 Å². The quantitative estimate of drug-likeness (QED) is 0.631. The average Bonchev–Trinajstić information content (AvgIpc) is 2.40. The van der Waals surface area contributed by atoms with E-state index >= 15 is 0 Å². The first kappa shape index (κ1) is 7.16. The Balaban J connectivity index is 2.81. The molecule has 0 saturated carbocycles. The maximum Gasteiger partial charge on any atom is 0.219 e. The molecule has 1 aromatic carbocycles. The lowest BCUT2D eigenvalue weighted by Crippen LogP contribution is -1.94. The number of aromatic nitrogens is 2. The summed E-state index contributed by atoms with van der Waals surface area (Å²) in [4.78, 5) is 0. The first-order valence-electron chi connectivity index (χ1n) is 3.69. The van der Waals surface area contributed by atoms with Gasteiger partial charge in [0.1, 0.15) is 0 Å². The summed E-state index contributed by atoms with van der Waals surface area (Å²) in [5.41, 5.74) is 0.914. The minimum atomic E-state index is 0.791. The Morgan fingerprint density at radius 1 is 1.58 bits per heavy atom. The maximum atomic E-state index is 5.18. The molecule has 3 nitrogen and oxygen atoms in total. The largest absolute Gasteiger partial charge is 0.481 e. The van der Waals surface area contributed by atoms with Gasteiger partial charge in [0, 0.05) is 7.05 Å². The Bertz CT molecular complexity index is 406. The molecule has 1 radical (unpaired) electrons. The fourth-order valence-electron chi connectivity index (χ4n) is 1.31. The van der Waals surface area contributed by atoms with Crippen LogP contribution in [0.1, 0.15) is 0 Å². The molecule has 61 valence electrons. The number of hydrogen-bond acceptors (Lipinski definition) is 2. The molecular formula is C9H9N2O. The first-order valence-corrected chi connectivity index (χ1v) is 3.69. The first-order chi connectivity index (χ1) is 5.83. The van der Waals surface area contributed by atoms with E-state index in [9.17, 15) is 0 Å². The summed E-state index contributed by atoms with van der Waals surface area (Å²) < 4.78 is 6.91. The van der Waals surface area contributed by atoms with E-state index in [1.54, 1.807) is 11.8 Å². The lowest BCUT2D eigenvalue weighted by Gasteiger charge is -1.97. The van der Waals surface area contributed by atoms with Gasteiger partial charge in [0.2, 0.25) is 5.88 Å². The normalized spacial score (nSPS) is 10.5. The van der Waals surface area contributed by atoms with Gasteiger partial charge >= 0.3 is 0 Å². The van der Waals surface area contributed by atoms with Crippen LogP contribution < -0.4 is 4.74 Å². The second kappa shape index (κ2) is 2.52. The molecule has 0 unspecified atom stereocenters. The Morgan fingerprint density at radius 3 is 3.17 bits per heavy atom. The number of methoxy groups -OCH3 is 1. The minimum Gasteiger partial charge on any atom is -0.481 e. The van der Waals surface area contributed by atoms with Crippen LogP contribution in [0.4, 0.5) is 0 Å². The van der Waals surface area contributed by atoms with Crippen molar-refractivity contribution in [2.24, 2.45) is 7.05 Å². The molecule has 2 aromatic rings. The summed E-state index contributed by atoms with van der Waals surface area (Å²) in [7, 11) is 3.51. The van der Waals surface area contributed by atoms with Gasteiger partial charge < -0.3 is 4.74 Å². The third-order valence-corrected chi connectivity index (χ3v) is 1.82. The SMILES string of the molecule is COc1c2cc[c]cc2nn1C. The van der Waals surface area contributed by atoms with Crippen molar-refractivity contribution < 1.29 is 4.74 Å². The highest BCUT2D eigenvalue weighted by atomic mass is 16.5. The second-order valence-electron chi connectivity index (χ2n) is 2.58. The van der Waals surface area contributed by atoms with Gasteiger partial charge in [0.05, 0.1) is 18.0 Å². The zero-order valence-electron chi connectivity index (χ0n) is 7.03. The Labute approximate surface area is 70.6 Å². The van der Waals surface area contributed by atoms with Crippen LogP contribution in [0.5, 0.6) is 5.88 Å². The number of nitrogens with zero attached hydrogens (tertiary/aromatic N) is 2. The molecule has 1 heterocycles. The summed E-state index contributed by atoms with van der Waals surface area (Å²) in [6.45, 7) is 0. The molecule has 0 spiro atoms. The van der Waals surface area contributed by atoms with Crippen molar-refractivity contribution in [3.8, 4) is 5.88 Å². The highest BCUT2D eigenvalue weighted by Crippen LogP contribution is 2.23. The highest BCUT2D eigenvalue weighted by molar-refractivity contribution is 5.83. The predicted molar refractivity (Wildman–Crippen MR) is 46.1 cm³/mol. The summed E-state index contributed by atoms with van der Waals surface area (Å²) in [6, 6.07) is 8.61. The molecule has 1 aromatic heterocycles. The highest BCUT2D eigenvalue weighted by Gasteiger charge is 2.06. The van der Waals surface area contributed by atoms with Crippen LogP contribution in [-0.4, -0.2) is 16.9 Å². The second-order valence-corrected chi connectivity index (χ2v) is 2.58. The minimum absolute atomic E-state index is 0.791. The molecule has 2 rings (SSSR count). The Kier molecular flexibility index (Phi) is 1.50. The lowest BCUT2D eigenvalue weighted by molar-refractivity contribution is 0.377. The zero-order valence-corrected chi connectivity index (χ0v) is 7.03. The van der Waals surface area contributed by atoms with Gasteiger partial charge in [-0.3, -0.25) is 0 Å². The van der Waals surface area contributed by atoms with Crippen LogP contribution in [0.15, 0.2) is 18.2 Å². The third-order valence-electron chi connectivity index (χ3n) is 1.82. The van der Waals surface area contributed by atoms with E-state index in [1.807, 2.05) is 25.2 Å². The van der Waals surface area contributed by atoms with E-state index in [4.69, 9.17) is 4.74 Å². The third kappa shape index (κ3) is 0.863. The molecular weight excluding hydrogens is 152 g/mol. The number of fused-ring (bicyclic) bond motifs is 1. The van der Waals surface area contributed by atoms with Gasteiger partial charge in [-0.1, -0.05) is 6.07 Å². The van der Waals surface area contributed by atoms with E-state index < -0.39 is 0 Å². The van der Waals surface area contributed by atoms with Crippen LogP contribution in [0.25, 0.3) is 10.9 Å². The van der Waals surface area contributed by atoms with Crippen LogP contribution in [0.3, 0.4) is 0 Å². The number of aryl methyl sites for hydroxylation is 1. The fourth-order valence-corrected chi connectivity index (χ4v) is 1.31. The molecule has 0 amide bonds. The average molecular weight is 161 g/mol. The molecule has 0 bridgehead atoms. The molecule has 0 saturated heterocycles. The predicted octanol–water partition coefficient (Wildman–Crippen LogP) is 1.38. The summed E-state index contributed by atoms with van der Waals surface area (Å²) >= 11 is 0. The van der Waals surface area contributed by atoms with Crippen LogP contribution in [0.2, 0.25) is 0 Å². The molecule has 12 heavy (non-hydrogen) atoms. The van der Waals surface area contributed by atoms with Gasteiger partial charge in [-0.05, 0) is 18.2 Å².